The van der Waals surface area contributed by atoms with Crippen LogP contribution in [0.3, 0.4) is 0 Å². The van der Waals surface area contributed by atoms with Crippen LogP contribution in [-0.4, -0.2) is 55.1 Å². The van der Waals surface area contributed by atoms with Crippen molar-refractivity contribution in [3.05, 3.63) is 0 Å². The van der Waals surface area contributed by atoms with E-state index >= 15 is 0 Å². The fourth-order valence-corrected chi connectivity index (χ4v) is 3.03. The van der Waals surface area contributed by atoms with Crippen molar-refractivity contribution in [3.63, 3.8) is 0 Å². The van der Waals surface area contributed by atoms with E-state index in [1.807, 2.05) is 0 Å². The summed E-state index contributed by atoms with van der Waals surface area (Å²) in [5.74, 6) is 0. The maximum atomic E-state index is 5.61. The van der Waals surface area contributed by atoms with Gasteiger partial charge in [0.2, 0.25) is 0 Å². The molecule has 3 heteroatoms. The lowest BCUT2D eigenvalue weighted by molar-refractivity contribution is 0.200. The molecule has 0 aromatic rings. The maximum absolute atomic E-state index is 5.61. The zero-order valence-corrected chi connectivity index (χ0v) is 9.83. The molecule has 1 saturated carbocycles. The standard InChI is InChI=1S/C12H25N3/c13-6-9-14-7-3-8-15(11-10-14)12-4-1-2-5-12/h12H,1-11,13H2. The van der Waals surface area contributed by atoms with Gasteiger partial charge in [-0.3, -0.25) is 4.90 Å². The largest absolute Gasteiger partial charge is 0.329 e. The van der Waals surface area contributed by atoms with Crippen LogP contribution in [0.2, 0.25) is 0 Å². The van der Waals surface area contributed by atoms with Gasteiger partial charge in [0.1, 0.15) is 0 Å². The van der Waals surface area contributed by atoms with Gasteiger partial charge in [-0.25, -0.2) is 0 Å². The molecule has 0 radical (unpaired) electrons. The minimum atomic E-state index is 0.809. The summed E-state index contributed by atoms with van der Waals surface area (Å²) in [7, 11) is 0. The number of hydrogen-bond donors (Lipinski definition) is 1. The molecule has 0 aromatic heterocycles. The van der Waals surface area contributed by atoms with Gasteiger partial charge in [0.25, 0.3) is 0 Å². The Hall–Kier alpha value is -0.120. The van der Waals surface area contributed by atoms with E-state index in [-0.39, 0.29) is 0 Å². The van der Waals surface area contributed by atoms with Gasteiger partial charge in [0.15, 0.2) is 0 Å². The fourth-order valence-electron chi connectivity index (χ4n) is 3.03. The monoisotopic (exact) mass is 211 g/mol. The summed E-state index contributed by atoms with van der Waals surface area (Å²) in [5, 5.41) is 0. The van der Waals surface area contributed by atoms with E-state index < -0.39 is 0 Å². The van der Waals surface area contributed by atoms with Crippen LogP contribution in [0, 0.1) is 0 Å². The van der Waals surface area contributed by atoms with Crippen molar-refractivity contribution in [2.45, 2.75) is 38.1 Å². The van der Waals surface area contributed by atoms with Crippen molar-refractivity contribution in [1.82, 2.24) is 9.80 Å². The third-order valence-electron chi connectivity index (χ3n) is 3.91. The zero-order chi connectivity index (χ0) is 10.5. The smallest absolute Gasteiger partial charge is 0.0112 e. The summed E-state index contributed by atoms with van der Waals surface area (Å²) in [6.45, 7) is 6.95. The first-order chi connectivity index (χ1) is 7.40. The topological polar surface area (TPSA) is 32.5 Å². The average molecular weight is 211 g/mol. The quantitative estimate of drug-likeness (QED) is 0.752. The van der Waals surface area contributed by atoms with E-state index in [1.54, 1.807) is 0 Å². The van der Waals surface area contributed by atoms with Gasteiger partial charge in [-0.2, -0.15) is 0 Å². The van der Waals surface area contributed by atoms with Crippen LogP contribution in [0.25, 0.3) is 0 Å². The Morgan fingerprint density at radius 1 is 0.933 bits per heavy atom. The van der Waals surface area contributed by atoms with E-state index in [9.17, 15) is 0 Å². The van der Waals surface area contributed by atoms with E-state index in [2.05, 4.69) is 9.80 Å². The minimum absolute atomic E-state index is 0.809. The summed E-state index contributed by atoms with van der Waals surface area (Å²) < 4.78 is 0. The molecule has 2 N–H and O–H groups in total. The minimum Gasteiger partial charge on any atom is -0.329 e. The van der Waals surface area contributed by atoms with Crippen molar-refractivity contribution in [2.75, 3.05) is 39.3 Å². The fraction of sp³-hybridized carbons (Fsp3) is 1.00. The molecule has 0 unspecified atom stereocenters. The molecular weight excluding hydrogens is 186 g/mol. The third kappa shape index (κ3) is 3.16. The van der Waals surface area contributed by atoms with Gasteiger partial charge in [-0.1, -0.05) is 12.8 Å². The first-order valence-corrected chi connectivity index (χ1v) is 6.56. The second-order valence-corrected chi connectivity index (χ2v) is 4.96. The molecule has 0 atom stereocenters. The van der Waals surface area contributed by atoms with Gasteiger partial charge < -0.3 is 10.6 Å². The molecule has 2 fully saturated rings. The average Bonchev–Trinajstić information content (AvgIpc) is 2.67. The molecular formula is C12H25N3. The SMILES string of the molecule is NCCN1CCCN(C2CCCC2)CC1. The number of hydrogen-bond acceptors (Lipinski definition) is 3. The van der Waals surface area contributed by atoms with E-state index in [0.29, 0.717) is 0 Å². The lowest BCUT2D eigenvalue weighted by Crippen LogP contribution is -2.37. The highest BCUT2D eigenvalue weighted by Crippen LogP contribution is 2.24. The van der Waals surface area contributed by atoms with Crippen LogP contribution in [0.1, 0.15) is 32.1 Å². The van der Waals surface area contributed by atoms with Crippen LogP contribution in [0.15, 0.2) is 0 Å². The maximum Gasteiger partial charge on any atom is 0.0112 e. The molecule has 0 spiro atoms. The van der Waals surface area contributed by atoms with Crippen molar-refractivity contribution >= 4 is 0 Å². The predicted octanol–water partition coefficient (Wildman–Crippen LogP) is 0.895. The molecule has 1 aliphatic heterocycles. The summed E-state index contributed by atoms with van der Waals surface area (Å²) in [5.41, 5.74) is 5.61. The van der Waals surface area contributed by atoms with Gasteiger partial charge in [0, 0.05) is 32.2 Å². The van der Waals surface area contributed by atoms with Crippen LogP contribution >= 0.6 is 0 Å². The molecule has 0 aromatic carbocycles. The molecule has 3 nitrogen and oxygen atoms in total. The van der Waals surface area contributed by atoms with Crippen molar-refractivity contribution in [3.8, 4) is 0 Å². The lowest BCUT2D eigenvalue weighted by atomic mass is 10.2. The number of nitrogens with two attached hydrogens (primary N) is 1. The molecule has 0 bridgehead atoms. The van der Waals surface area contributed by atoms with Crippen molar-refractivity contribution < 1.29 is 0 Å². The first-order valence-electron chi connectivity index (χ1n) is 6.56. The molecule has 1 aliphatic carbocycles. The highest BCUT2D eigenvalue weighted by Gasteiger charge is 2.24. The highest BCUT2D eigenvalue weighted by molar-refractivity contribution is 4.80. The Balaban J connectivity index is 1.78. The Morgan fingerprint density at radius 3 is 2.47 bits per heavy atom. The van der Waals surface area contributed by atoms with Crippen LogP contribution in [-0.2, 0) is 0 Å². The molecule has 15 heavy (non-hydrogen) atoms. The van der Waals surface area contributed by atoms with E-state index in [1.165, 1.54) is 58.3 Å². The van der Waals surface area contributed by atoms with Crippen LogP contribution in [0.4, 0.5) is 0 Å². The molecule has 1 saturated heterocycles. The molecule has 0 amide bonds. The van der Waals surface area contributed by atoms with Crippen LogP contribution in [0.5, 0.6) is 0 Å². The van der Waals surface area contributed by atoms with Gasteiger partial charge in [-0.05, 0) is 32.4 Å². The molecule has 2 rings (SSSR count). The Bertz CT molecular complexity index is 178. The lowest BCUT2D eigenvalue weighted by Gasteiger charge is -2.27. The Morgan fingerprint density at radius 2 is 1.73 bits per heavy atom. The summed E-state index contributed by atoms with van der Waals surface area (Å²) in [6, 6.07) is 0.905. The second kappa shape index (κ2) is 5.83. The van der Waals surface area contributed by atoms with E-state index in [0.717, 1.165) is 19.1 Å². The Kier molecular flexibility index (Phi) is 4.42. The molecule has 1 heterocycles. The predicted molar refractivity (Wildman–Crippen MR) is 63.9 cm³/mol. The normalized spacial score (nSPS) is 27.0. The number of rotatable bonds is 3. The summed E-state index contributed by atoms with van der Waals surface area (Å²) in [4.78, 5) is 5.25. The second-order valence-electron chi connectivity index (χ2n) is 4.96. The summed E-state index contributed by atoms with van der Waals surface area (Å²) >= 11 is 0. The van der Waals surface area contributed by atoms with E-state index in [4.69, 9.17) is 5.73 Å². The first kappa shape index (κ1) is 11.4. The van der Waals surface area contributed by atoms with Crippen LogP contribution < -0.4 is 5.73 Å². The van der Waals surface area contributed by atoms with Gasteiger partial charge >= 0.3 is 0 Å². The zero-order valence-electron chi connectivity index (χ0n) is 9.83. The van der Waals surface area contributed by atoms with Crippen molar-refractivity contribution in [1.29, 1.82) is 0 Å². The molecule has 88 valence electrons. The Labute approximate surface area is 93.6 Å². The number of nitrogens with zero attached hydrogens (tertiary/aromatic N) is 2. The highest BCUT2D eigenvalue weighted by atomic mass is 15.2. The van der Waals surface area contributed by atoms with Crippen molar-refractivity contribution in [2.24, 2.45) is 5.73 Å². The molecule has 2 aliphatic rings. The van der Waals surface area contributed by atoms with Gasteiger partial charge in [-0.15, -0.1) is 0 Å². The van der Waals surface area contributed by atoms with Gasteiger partial charge in [0.05, 0.1) is 0 Å². The third-order valence-corrected chi connectivity index (χ3v) is 3.91. The summed E-state index contributed by atoms with van der Waals surface area (Å²) in [6.07, 6.45) is 7.12.